The molecule has 0 bridgehead atoms. The number of rotatable bonds is 5. The number of likely N-dealkylation sites (N-methyl/N-ethyl adjacent to an activating group) is 1. The van der Waals surface area contributed by atoms with Gasteiger partial charge in [0.05, 0.1) is 19.8 Å². The van der Waals surface area contributed by atoms with Gasteiger partial charge in [0.1, 0.15) is 0 Å². The van der Waals surface area contributed by atoms with Gasteiger partial charge in [-0.15, -0.1) is 0 Å². The van der Waals surface area contributed by atoms with Crippen LogP contribution in [-0.4, -0.2) is 50.3 Å². The quantitative estimate of drug-likeness (QED) is 0.634. The van der Waals surface area contributed by atoms with Crippen LogP contribution in [0.15, 0.2) is 23.2 Å². The smallest absolute Gasteiger partial charge is 0.193 e. The fourth-order valence-electron chi connectivity index (χ4n) is 3.46. The van der Waals surface area contributed by atoms with Gasteiger partial charge in [0.2, 0.25) is 0 Å². The molecule has 1 aliphatic heterocycles. The molecule has 0 radical (unpaired) electrons. The highest BCUT2D eigenvalue weighted by Gasteiger charge is 2.17. The standard InChI is InChI=1S/C19H30N4O2/c1-23(16-6-3-2-4-7-16)11-10-21-19(20)22-15-8-9-17-18(14-15)25-13-5-12-24-17/h8-9,14,16H,2-7,10-13H2,1H3,(H3,20,21,22). The van der Waals surface area contributed by atoms with E-state index in [1.54, 1.807) is 0 Å². The zero-order valence-corrected chi connectivity index (χ0v) is 15.2. The predicted molar refractivity (Wildman–Crippen MR) is 102 cm³/mol. The van der Waals surface area contributed by atoms with Gasteiger partial charge < -0.3 is 25.4 Å². The van der Waals surface area contributed by atoms with Crippen LogP contribution in [0.3, 0.4) is 0 Å². The molecule has 6 nitrogen and oxygen atoms in total. The van der Waals surface area contributed by atoms with E-state index >= 15 is 0 Å². The van der Waals surface area contributed by atoms with Crippen LogP contribution in [-0.2, 0) is 0 Å². The molecule has 0 unspecified atom stereocenters. The second-order valence-corrected chi connectivity index (χ2v) is 6.88. The number of guanidine groups is 1. The van der Waals surface area contributed by atoms with Gasteiger partial charge in [-0.25, -0.2) is 0 Å². The Morgan fingerprint density at radius 2 is 1.92 bits per heavy atom. The molecule has 6 heteroatoms. The van der Waals surface area contributed by atoms with Gasteiger partial charge in [-0.3, -0.25) is 4.99 Å². The van der Waals surface area contributed by atoms with E-state index in [0.29, 0.717) is 31.8 Å². The summed E-state index contributed by atoms with van der Waals surface area (Å²) in [6.45, 7) is 3.01. The van der Waals surface area contributed by atoms with Crippen molar-refractivity contribution < 1.29 is 9.47 Å². The van der Waals surface area contributed by atoms with Crippen LogP contribution in [0.2, 0.25) is 0 Å². The van der Waals surface area contributed by atoms with Crippen LogP contribution >= 0.6 is 0 Å². The Labute approximate surface area is 150 Å². The zero-order valence-electron chi connectivity index (χ0n) is 15.2. The monoisotopic (exact) mass is 346 g/mol. The highest BCUT2D eigenvalue weighted by atomic mass is 16.5. The number of nitrogens with one attached hydrogen (secondary N) is 1. The third-order valence-corrected chi connectivity index (χ3v) is 4.95. The van der Waals surface area contributed by atoms with Crippen LogP contribution < -0.4 is 20.5 Å². The number of nitrogens with two attached hydrogens (primary N) is 1. The van der Waals surface area contributed by atoms with Gasteiger partial charge in [0.15, 0.2) is 17.5 Å². The number of ether oxygens (including phenoxy) is 2. The lowest BCUT2D eigenvalue weighted by Gasteiger charge is -2.30. The Kier molecular flexibility index (Phi) is 6.39. The topological polar surface area (TPSA) is 72.1 Å². The Hall–Kier alpha value is -1.95. The summed E-state index contributed by atoms with van der Waals surface area (Å²) in [4.78, 5) is 6.87. The number of benzene rings is 1. The van der Waals surface area contributed by atoms with E-state index in [-0.39, 0.29) is 0 Å². The minimum atomic E-state index is 0.437. The van der Waals surface area contributed by atoms with E-state index in [4.69, 9.17) is 15.2 Å². The van der Waals surface area contributed by atoms with Crippen molar-refractivity contribution in [3.8, 4) is 11.5 Å². The Balaban J connectivity index is 1.48. The molecule has 138 valence electrons. The first kappa shape index (κ1) is 17.9. The number of hydrogen-bond acceptors (Lipinski definition) is 4. The van der Waals surface area contributed by atoms with Gasteiger partial charge in [-0.05, 0) is 32.0 Å². The van der Waals surface area contributed by atoms with Gasteiger partial charge in [0, 0.05) is 30.8 Å². The van der Waals surface area contributed by atoms with E-state index in [1.807, 2.05) is 18.2 Å². The first-order valence-corrected chi connectivity index (χ1v) is 9.39. The third-order valence-electron chi connectivity index (χ3n) is 4.95. The number of aliphatic imine (C=N–C) groups is 1. The molecule has 0 aromatic heterocycles. The van der Waals surface area contributed by atoms with Crippen molar-refractivity contribution in [1.82, 2.24) is 4.90 Å². The Bertz CT molecular complexity index is 585. The summed E-state index contributed by atoms with van der Waals surface area (Å²) in [5.74, 6) is 1.98. The SMILES string of the molecule is CN(CCN=C(N)Nc1ccc2c(c1)OCCCO2)C1CCCCC1. The van der Waals surface area contributed by atoms with Crippen LogP contribution in [0, 0.1) is 0 Å². The fourth-order valence-corrected chi connectivity index (χ4v) is 3.46. The summed E-state index contributed by atoms with van der Waals surface area (Å²) < 4.78 is 11.3. The first-order chi connectivity index (χ1) is 12.2. The minimum Gasteiger partial charge on any atom is -0.490 e. The summed E-state index contributed by atoms with van der Waals surface area (Å²) in [7, 11) is 2.19. The number of nitrogens with zero attached hydrogens (tertiary/aromatic N) is 2. The average Bonchev–Trinajstić information content (AvgIpc) is 2.87. The molecule has 3 rings (SSSR count). The number of hydrogen-bond donors (Lipinski definition) is 2. The lowest BCUT2D eigenvalue weighted by atomic mass is 9.94. The van der Waals surface area contributed by atoms with Crippen molar-refractivity contribution in [3.05, 3.63) is 18.2 Å². The molecule has 1 heterocycles. The molecule has 1 aromatic carbocycles. The maximum Gasteiger partial charge on any atom is 0.193 e. The molecule has 0 spiro atoms. The largest absolute Gasteiger partial charge is 0.490 e. The summed E-state index contributed by atoms with van der Waals surface area (Å²) in [5.41, 5.74) is 6.89. The van der Waals surface area contributed by atoms with E-state index in [1.165, 1.54) is 32.1 Å². The van der Waals surface area contributed by atoms with Crippen molar-refractivity contribution in [3.63, 3.8) is 0 Å². The maximum absolute atomic E-state index is 6.03. The lowest BCUT2D eigenvalue weighted by Crippen LogP contribution is -2.35. The maximum atomic E-state index is 6.03. The zero-order chi connectivity index (χ0) is 17.5. The molecule has 0 atom stereocenters. The van der Waals surface area contributed by atoms with E-state index < -0.39 is 0 Å². The molecular formula is C19H30N4O2. The van der Waals surface area contributed by atoms with Crippen molar-refractivity contribution in [1.29, 1.82) is 0 Å². The lowest BCUT2D eigenvalue weighted by molar-refractivity contribution is 0.196. The van der Waals surface area contributed by atoms with Crippen LogP contribution in [0.4, 0.5) is 5.69 Å². The van der Waals surface area contributed by atoms with E-state index in [2.05, 4.69) is 22.3 Å². The molecule has 25 heavy (non-hydrogen) atoms. The molecular weight excluding hydrogens is 316 g/mol. The normalized spacial score (nSPS) is 18.9. The highest BCUT2D eigenvalue weighted by molar-refractivity contribution is 5.92. The van der Waals surface area contributed by atoms with Gasteiger partial charge in [0.25, 0.3) is 0 Å². The van der Waals surface area contributed by atoms with Gasteiger partial charge >= 0.3 is 0 Å². The van der Waals surface area contributed by atoms with Crippen molar-refractivity contribution in [2.24, 2.45) is 10.7 Å². The Morgan fingerprint density at radius 3 is 2.72 bits per heavy atom. The molecule has 0 saturated heterocycles. The van der Waals surface area contributed by atoms with Gasteiger partial charge in [-0.2, -0.15) is 0 Å². The molecule has 1 aliphatic carbocycles. The van der Waals surface area contributed by atoms with E-state index in [9.17, 15) is 0 Å². The number of anilines is 1. The van der Waals surface area contributed by atoms with Crippen LogP contribution in [0.1, 0.15) is 38.5 Å². The van der Waals surface area contributed by atoms with Crippen molar-refractivity contribution in [2.45, 2.75) is 44.6 Å². The average molecular weight is 346 g/mol. The molecule has 0 amide bonds. The fraction of sp³-hybridized carbons (Fsp3) is 0.632. The summed E-state index contributed by atoms with van der Waals surface area (Å²) in [5, 5.41) is 3.14. The first-order valence-electron chi connectivity index (χ1n) is 9.39. The minimum absolute atomic E-state index is 0.437. The summed E-state index contributed by atoms with van der Waals surface area (Å²) in [6, 6.07) is 6.47. The van der Waals surface area contributed by atoms with Gasteiger partial charge in [-0.1, -0.05) is 19.3 Å². The van der Waals surface area contributed by atoms with E-state index in [0.717, 1.165) is 30.2 Å². The molecule has 1 fully saturated rings. The second kappa shape index (κ2) is 8.94. The highest BCUT2D eigenvalue weighted by Crippen LogP contribution is 2.32. The molecule has 1 saturated carbocycles. The summed E-state index contributed by atoms with van der Waals surface area (Å²) >= 11 is 0. The van der Waals surface area contributed by atoms with Crippen molar-refractivity contribution in [2.75, 3.05) is 38.7 Å². The van der Waals surface area contributed by atoms with Crippen LogP contribution in [0.5, 0.6) is 11.5 Å². The second-order valence-electron chi connectivity index (χ2n) is 6.88. The van der Waals surface area contributed by atoms with Crippen molar-refractivity contribution >= 4 is 11.6 Å². The molecule has 2 aliphatic rings. The third kappa shape index (κ3) is 5.26. The van der Waals surface area contributed by atoms with Crippen LogP contribution in [0.25, 0.3) is 0 Å². The predicted octanol–water partition coefficient (Wildman–Crippen LogP) is 2.84. The molecule has 1 aromatic rings. The molecule has 3 N–H and O–H groups in total. The number of fused-ring (bicyclic) bond motifs is 1. The summed E-state index contributed by atoms with van der Waals surface area (Å²) in [6.07, 6.45) is 7.61. The Morgan fingerprint density at radius 1 is 1.16 bits per heavy atom.